The number of aromatic amines is 1. The molecular formula is C8H7ClF3NO2. The molecule has 0 saturated carbocycles. The number of pyridine rings is 1. The van der Waals surface area contributed by atoms with E-state index in [1.807, 2.05) is 0 Å². The molecule has 1 N–H and O–H groups in total. The summed E-state index contributed by atoms with van der Waals surface area (Å²) < 4.78 is 39.4. The summed E-state index contributed by atoms with van der Waals surface area (Å²) in [7, 11) is 0. The zero-order valence-corrected chi connectivity index (χ0v) is 8.37. The molecule has 0 bridgehead atoms. The van der Waals surface area contributed by atoms with Crippen molar-refractivity contribution < 1.29 is 17.9 Å². The highest BCUT2D eigenvalue weighted by molar-refractivity contribution is 6.16. The first-order valence-electron chi connectivity index (χ1n) is 3.88. The van der Waals surface area contributed by atoms with Crippen molar-refractivity contribution in [2.75, 3.05) is 0 Å². The molecule has 0 amide bonds. The molecule has 0 aliphatic carbocycles. The molecular weight excluding hydrogens is 235 g/mol. The standard InChI is InChI=1S/C8H7ClF3NO2/c1-4-6(15-8(10,11)12)2-5(3-9)13-7(4)14/h2H,3H2,1H3,(H,13,14). The van der Waals surface area contributed by atoms with Crippen LogP contribution in [0.5, 0.6) is 5.75 Å². The van der Waals surface area contributed by atoms with Gasteiger partial charge in [-0.15, -0.1) is 24.8 Å². The van der Waals surface area contributed by atoms with Crippen LogP contribution in [-0.2, 0) is 5.88 Å². The van der Waals surface area contributed by atoms with Gasteiger partial charge in [-0.3, -0.25) is 4.79 Å². The second kappa shape index (κ2) is 4.14. The van der Waals surface area contributed by atoms with Gasteiger partial charge in [0.2, 0.25) is 0 Å². The first kappa shape index (κ1) is 11.9. The molecule has 7 heteroatoms. The minimum absolute atomic E-state index is 0.0935. The summed E-state index contributed by atoms with van der Waals surface area (Å²) in [6.07, 6.45) is -4.82. The highest BCUT2D eigenvalue weighted by Gasteiger charge is 2.32. The average Bonchev–Trinajstić information content (AvgIpc) is 2.10. The van der Waals surface area contributed by atoms with Crippen LogP contribution in [0.1, 0.15) is 11.3 Å². The van der Waals surface area contributed by atoms with E-state index in [4.69, 9.17) is 11.6 Å². The molecule has 0 aliphatic rings. The maximum atomic E-state index is 11.9. The molecule has 0 saturated heterocycles. The van der Waals surface area contributed by atoms with Gasteiger partial charge in [0.25, 0.3) is 5.56 Å². The van der Waals surface area contributed by atoms with Gasteiger partial charge in [-0.1, -0.05) is 0 Å². The van der Waals surface area contributed by atoms with Gasteiger partial charge in [0.1, 0.15) is 5.75 Å². The Kier molecular flexibility index (Phi) is 3.28. The highest BCUT2D eigenvalue weighted by atomic mass is 35.5. The van der Waals surface area contributed by atoms with Crippen LogP contribution in [0.3, 0.4) is 0 Å². The third-order valence-electron chi connectivity index (χ3n) is 1.66. The fourth-order valence-corrected chi connectivity index (χ4v) is 1.10. The third-order valence-corrected chi connectivity index (χ3v) is 1.95. The smallest absolute Gasteiger partial charge is 0.405 e. The van der Waals surface area contributed by atoms with E-state index in [1.165, 1.54) is 6.92 Å². The number of hydrogen-bond donors (Lipinski definition) is 1. The van der Waals surface area contributed by atoms with Crippen LogP contribution in [0, 0.1) is 6.92 Å². The van der Waals surface area contributed by atoms with Crippen molar-refractivity contribution in [3.8, 4) is 5.75 Å². The zero-order chi connectivity index (χ0) is 11.6. The number of H-pyrrole nitrogens is 1. The predicted molar refractivity (Wildman–Crippen MR) is 48.0 cm³/mol. The third kappa shape index (κ3) is 3.16. The molecule has 1 aromatic heterocycles. The van der Waals surface area contributed by atoms with Crippen molar-refractivity contribution in [3.05, 3.63) is 27.7 Å². The largest absolute Gasteiger partial charge is 0.573 e. The van der Waals surface area contributed by atoms with Crippen molar-refractivity contribution in [3.63, 3.8) is 0 Å². The maximum Gasteiger partial charge on any atom is 0.573 e. The highest BCUT2D eigenvalue weighted by Crippen LogP contribution is 2.24. The molecule has 1 rings (SSSR count). The molecule has 84 valence electrons. The molecule has 1 heterocycles. The van der Waals surface area contributed by atoms with E-state index in [1.54, 1.807) is 0 Å². The Morgan fingerprint density at radius 3 is 2.60 bits per heavy atom. The second-order valence-electron chi connectivity index (χ2n) is 2.79. The van der Waals surface area contributed by atoms with Gasteiger partial charge in [-0.2, -0.15) is 0 Å². The van der Waals surface area contributed by atoms with Gasteiger partial charge in [-0.05, 0) is 6.92 Å². The lowest BCUT2D eigenvalue weighted by atomic mass is 10.2. The fraction of sp³-hybridized carbons (Fsp3) is 0.375. The summed E-state index contributed by atoms with van der Waals surface area (Å²) in [6.45, 7) is 1.23. The van der Waals surface area contributed by atoms with E-state index in [9.17, 15) is 18.0 Å². The number of ether oxygens (including phenoxy) is 1. The van der Waals surface area contributed by atoms with Crippen LogP contribution in [0.25, 0.3) is 0 Å². The molecule has 0 unspecified atom stereocenters. The molecule has 0 fully saturated rings. The Hall–Kier alpha value is -1.17. The quantitative estimate of drug-likeness (QED) is 0.808. The van der Waals surface area contributed by atoms with Gasteiger partial charge in [-0.25, -0.2) is 0 Å². The summed E-state index contributed by atoms with van der Waals surface area (Å²) in [5.74, 6) is -0.620. The van der Waals surface area contributed by atoms with Gasteiger partial charge < -0.3 is 9.72 Å². The van der Waals surface area contributed by atoms with Crippen LogP contribution in [0.15, 0.2) is 10.9 Å². The Balaban J connectivity index is 3.17. The number of nitrogens with one attached hydrogen (secondary N) is 1. The Morgan fingerprint density at radius 2 is 2.13 bits per heavy atom. The van der Waals surface area contributed by atoms with E-state index in [0.717, 1.165) is 6.07 Å². The van der Waals surface area contributed by atoms with Gasteiger partial charge in [0.05, 0.1) is 11.4 Å². The van der Waals surface area contributed by atoms with Crippen molar-refractivity contribution in [2.45, 2.75) is 19.2 Å². The number of halogens is 4. The van der Waals surface area contributed by atoms with Crippen LogP contribution in [0.2, 0.25) is 0 Å². The monoisotopic (exact) mass is 241 g/mol. The van der Waals surface area contributed by atoms with Crippen molar-refractivity contribution in [2.24, 2.45) is 0 Å². The number of rotatable bonds is 2. The molecule has 3 nitrogen and oxygen atoms in total. The maximum absolute atomic E-state index is 11.9. The minimum atomic E-state index is -4.82. The molecule has 0 radical (unpaired) electrons. The van der Waals surface area contributed by atoms with Gasteiger partial charge >= 0.3 is 6.36 Å². The lowest BCUT2D eigenvalue weighted by Crippen LogP contribution is -2.21. The first-order chi connectivity index (χ1) is 6.83. The lowest BCUT2D eigenvalue weighted by Gasteiger charge is -2.11. The van der Waals surface area contributed by atoms with Crippen molar-refractivity contribution >= 4 is 11.6 Å². The second-order valence-corrected chi connectivity index (χ2v) is 3.06. The van der Waals surface area contributed by atoms with Crippen LogP contribution < -0.4 is 10.3 Å². The molecule has 15 heavy (non-hydrogen) atoms. The van der Waals surface area contributed by atoms with E-state index in [0.29, 0.717) is 0 Å². The number of alkyl halides is 4. The minimum Gasteiger partial charge on any atom is -0.405 e. The van der Waals surface area contributed by atoms with E-state index < -0.39 is 17.7 Å². The summed E-state index contributed by atoms with van der Waals surface area (Å²) in [6, 6.07) is 1.05. The topological polar surface area (TPSA) is 42.1 Å². The average molecular weight is 242 g/mol. The zero-order valence-electron chi connectivity index (χ0n) is 7.61. The summed E-state index contributed by atoms with van der Waals surface area (Å²) in [5.41, 5.74) is -0.611. The molecule has 0 atom stereocenters. The molecule has 0 aliphatic heterocycles. The lowest BCUT2D eigenvalue weighted by molar-refractivity contribution is -0.274. The Bertz CT molecular complexity index is 413. The van der Waals surface area contributed by atoms with E-state index in [-0.39, 0.29) is 17.1 Å². The summed E-state index contributed by atoms with van der Waals surface area (Å²) in [5, 5.41) is 0. The van der Waals surface area contributed by atoms with Gasteiger partial charge in [0, 0.05) is 11.8 Å². The Morgan fingerprint density at radius 1 is 1.53 bits per heavy atom. The van der Waals surface area contributed by atoms with Crippen molar-refractivity contribution in [1.82, 2.24) is 4.98 Å². The number of hydrogen-bond acceptors (Lipinski definition) is 2. The van der Waals surface area contributed by atoms with Crippen LogP contribution in [0.4, 0.5) is 13.2 Å². The van der Waals surface area contributed by atoms with Gasteiger partial charge in [0.15, 0.2) is 0 Å². The van der Waals surface area contributed by atoms with Crippen molar-refractivity contribution in [1.29, 1.82) is 0 Å². The first-order valence-corrected chi connectivity index (χ1v) is 4.41. The van der Waals surface area contributed by atoms with Crippen LogP contribution in [-0.4, -0.2) is 11.3 Å². The van der Waals surface area contributed by atoms with E-state index >= 15 is 0 Å². The predicted octanol–water partition coefficient (Wildman–Crippen LogP) is 2.32. The number of aromatic nitrogens is 1. The SMILES string of the molecule is Cc1c(OC(F)(F)F)cc(CCl)[nH]c1=O. The molecule has 1 aromatic rings. The fourth-order valence-electron chi connectivity index (χ4n) is 0.957. The molecule has 0 aromatic carbocycles. The van der Waals surface area contributed by atoms with Crippen LogP contribution >= 0.6 is 11.6 Å². The van der Waals surface area contributed by atoms with E-state index in [2.05, 4.69) is 9.72 Å². The Labute approximate surface area is 87.8 Å². The summed E-state index contributed by atoms with van der Waals surface area (Å²) >= 11 is 5.39. The summed E-state index contributed by atoms with van der Waals surface area (Å²) in [4.78, 5) is 13.5. The normalized spacial score (nSPS) is 11.5. The molecule has 0 spiro atoms.